The van der Waals surface area contributed by atoms with Gasteiger partial charge in [-0.1, -0.05) is 6.07 Å². The summed E-state index contributed by atoms with van der Waals surface area (Å²) in [7, 11) is 0. The molecule has 2 aromatic heterocycles. The number of carboxylic acids is 1. The SMILES string of the molecule is Cc1ccc(C(=O)O)cc1-c1ncc(-c2cccnc2)[nH]1. The van der Waals surface area contributed by atoms with E-state index >= 15 is 0 Å². The first kappa shape index (κ1) is 13.1. The molecular formula is C16H13N3O2. The molecule has 0 aliphatic rings. The molecule has 5 nitrogen and oxygen atoms in total. The average molecular weight is 279 g/mol. The summed E-state index contributed by atoms with van der Waals surface area (Å²) in [5.41, 5.74) is 3.77. The number of aromatic amines is 1. The lowest BCUT2D eigenvalue weighted by atomic mass is 10.0. The number of aromatic carboxylic acids is 1. The highest BCUT2D eigenvalue weighted by molar-refractivity contribution is 5.89. The lowest BCUT2D eigenvalue weighted by Gasteiger charge is -2.04. The molecule has 1 aromatic carbocycles. The minimum Gasteiger partial charge on any atom is -0.478 e. The fraction of sp³-hybridized carbons (Fsp3) is 0.0625. The molecule has 3 aromatic rings. The van der Waals surface area contributed by atoms with Gasteiger partial charge in [-0.05, 0) is 36.8 Å². The largest absolute Gasteiger partial charge is 0.478 e. The van der Waals surface area contributed by atoms with E-state index in [4.69, 9.17) is 5.11 Å². The monoisotopic (exact) mass is 279 g/mol. The molecule has 5 heteroatoms. The highest BCUT2D eigenvalue weighted by atomic mass is 16.4. The summed E-state index contributed by atoms with van der Waals surface area (Å²) >= 11 is 0. The van der Waals surface area contributed by atoms with E-state index in [1.54, 1.807) is 36.8 Å². The van der Waals surface area contributed by atoms with Gasteiger partial charge in [-0.25, -0.2) is 9.78 Å². The van der Waals surface area contributed by atoms with Crippen LogP contribution in [0.5, 0.6) is 0 Å². The molecule has 0 saturated carbocycles. The highest BCUT2D eigenvalue weighted by Crippen LogP contribution is 2.25. The van der Waals surface area contributed by atoms with Gasteiger partial charge >= 0.3 is 5.97 Å². The minimum absolute atomic E-state index is 0.245. The summed E-state index contributed by atoms with van der Waals surface area (Å²) in [6.45, 7) is 1.92. The quantitative estimate of drug-likeness (QED) is 0.772. The second-order valence-corrected chi connectivity index (χ2v) is 4.72. The number of benzene rings is 1. The number of nitrogens with one attached hydrogen (secondary N) is 1. The summed E-state index contributed by atoms with van der Waals surface area (Å²) in [6, 6.07) is 8.79. The van der Waals surface area contributed by atoms with Crippen molar-refractivity contribution in [2.24, 2.45) is 0 Å². The van der Waals surface area contributed by atoms with Crippen molar-refractivity contribution in [2.45, 2.75) is 6.92 Å². The Morgan fingerprint density at radius 1 is 1.24 bits per heavy atom. The summed E-state index contributed by atoms with van der Waals surface area (Å²) in [6.07, 6.45) is 5.18. The van der Waals surface area contributed by atoms with E-state index < -0.39 is 5.97 Å². The summed E-state index contributed by atoms with van der Waals surface area (Å²) in [5.74, 6) is -0.301. The Bertz CT molecular complexity index is 794. The van der Waals surface area contributed by atoms with Crippen LogP contribution in [0.3, 0.4) is 0 Å². The number of aromatic nitrogens is 3. The molecule has 0 aliphatic carbocycles. The van der Waals surface area contributed by atoms with Crippen LogP contribution in [0.1, 0.15) is 15.9 Å². The number of nitrogens with zero attached hydrogens (tertiary/aromatic N) is 2. The zero-order chi connectivity index (χ0) is 14.8. The van der Waals surface area contributed by atoms with E-state index in [1.165, 1.54) is 0 Å². The number of imidazole rings is 1. The van der Waals surface area contributed by atoms with Crippen molar-refractivity contribution in [2.75, 3.05) is 0 Å². The van der Waals surface area contributed by atoms with E-state index in [0.717, 1.165) is 22.4 Å². The van der Waals surface area contributed by atoms with Crippen LogP contribution < -0.4 is 0 Å². The number of pyridine rings is 1. The van der Waals surface area contributed by atoms with Crippen molar-refractivity contribution < 1.29 is 9.90 Å². The maximum absolute atomic E-state index is 11.1. The molecule has 0 bridgehead atoms. The summed E-state index contributed by atoms with van der Waals surface area (Å²) in [5, 5.41) is 9.09. The van der Waals surface area contributed by atoms with E-state index in [9.17, 15) is 4.79 Å². The maximum atomic E-state index is 11.1. The fourth-order valence-corrected chi connectivity index (χ4v) is 2.14. The van der Waals surface area contributed by atoms with Gasteiger partial charge in [-0.3, -0.25) is 4.98 Å². The van der Waals surface area contributed by atoms with Crippen molar-refractivity contribution in [3.63, 3.8) is 0 Å². The van der Waals surface area contributed by atoms with Crippen LogP contribution in [0.2, 0.25) is 0 Å². The molecule has 0 fully saturated rings. The number of H-pyrrole nitrogens is 1. The van der Waals surface area contributed by atoms with Crippen molar-refractivity contribution in [3.8, 4) is 22.6 Å². The molecule has 0 unspecified atom stereocenters. The Balaban J connectivity index is 2.04. The molecule has 2 N–H and O–H groups in total. The third-order valence-corrected chi connectivity index (χ3v) is 3.29. The lowest BCUT2D eigenvalue weighted by Crippen LogP contribution is -1.97. The highest BCUT2D eigenvalue weighted by Gasteiger charge is 2.11. The maximum Gasteiger partial charge on any atom is 0.335 e. The molecule has 104 valence electrons. The van der Waals surface area contributed by atoms with Gasteiger partial charge in [-0.2, -0.15) is 0 Å². The van der Waals surface area contributed by atoms with Gasteiger partial charge < -0.3 is 10.1 Å². The third kappa shape index (κ3) is 2.53. The number of hydrogen-bond donors (Lipinski definition) is 2. The van der Waals surface area contributed by atoms with Crippen LogP contribution in [-0.2, 0) is 0 Å². The van der Waals surface area contributed by atoms with Gasteiger partial charge in [0.1, 0.15) is 5.82 Å². The first-order valence-corrected chi connectivity index (χ1v) is 6.45. The van der Waals surface area contributed by atoms with Gasteiger partial charge in [0.2, 0.25) is 0 Å². The van der Waals surface area contributed by atoms with E-state index in [0.29, 0.717) is 5.82 Å². The lowest BCUT2D eigenvalue weighted by molar-refractivity contribution is 0.0697. The van der Waals surface area contributed by atoms with Crippen LogP contribution in [0.4, 0.5) is 0 Å². The Morgan fingerprint density at radius 3 is 2.81 bits per heavy atom. The van der Waals surface area contributed by atoms with Crippen molar-refractivity contribution in [1.29, 1.82) is 0 Å². The van der Waals surface area contributed by atoms with Gasteiger partial charge in [0.15, 0.2) is 0 Å². The Hall–Kier alpha value is -2.95. The normalized spacial score (nSPS) is 10.5. The molecule has 3 rings (SSSR count). The van der Waals surface area contributed by atoms with E-state index in [-0.39, 0.29) is 5.56 Å². The molecule has 0 spiro atoms. The summed E-state index contributed by atoms with van der Waals surface area (Å²) in [4.78, 5) is 22.7. The first-order chi connectivity index (χ1) is 10.1. The average Bonchev–Trinajstić information content (AvgIpc) is 2.98. The molecular weight excluding hydrogens is 266 g/mol. The van der Waals surface area contributed by atoms with Crippen LogP contribution in [-0.4, -0.2) is 26.0 Å². The standard InChI is InChI=1S/C16H13N3O2/c1-10-4-5-11(16(20)21)7-13(10)15-18-9-14(19-15)12-3-2-6-17-8-12/h2-9H,1H3,(H,18,19)(H,20,21). The third-order valence-electron chi connectivity index (χ3n) is 3.29. The number of aryl methyl sites for hydroxylation is 1. The zero-order valence-electron chi connectivity index (χ0n) is 11.4. The van der Waals surface area contributed by atoms with Crippen LogP contribution in [0.25, 0.3) is 22.6 Å². The number of carbonyl (C=O) groups is 1. The minimum atomic E-state index is -0.949. The predicted molar refractivity (Wildman–Crippen MR) is 79.0 cm³/mol. The predicted octanol–water partition coefficient (Wildman–Crippen LogP) is 3.15. The molecule has 0 atom stereocenters. The molecule has 0 aliphatic heterocycles. The van der Waals surface area contributed by atoms with Crippen LogP contribution in [0, 0.1) is 6.92 Å². The van der Waals surface area contributed by atoms with Gasteiger partial charge in [-0.15, -0.1) is 0 Å². The Kier molecular flexibility index (Phi) is 3.23. The van der Waals surface area contributed by atoms with Crippen molar-refractivity contribution in [3.05, 3.63) is 60.0 Å². The fourth-order valence-electron chi connectivity index (χ4n) is 2.14. The number of carboxylic acid groups (broad SMARTS) is 1. The molecule has 0 saturated heterocycles. The topological polar surface area (TPSA) is 78.9 Å². The molecule has 21 heavy (non-hydrogen) atoms. The Morgan fingerprint density at radius 2 is 2.10 bits per heavy atom. The van der Waals surface area contributed by atoms with E-state index in [2.05, 4.69) is 15.0 Å². The summed E-state index contributed by atoms with van der Waals surface area (Å²) < 4.78 is 0. The number of rotatable bonds is 3. The Labute approximate surface area is 121 Å². The van der Waals surface area contributed by atoms with E-state index in [1.807, 2.05) is 19.1 Å². The smallest absolute Gasteiger partial charge is 0.335 e. The first-order valence-electron chi connectivity index (χ1n) is 6.45. The van der Waals surface area contributed by atoms with Gasteiger partial charge in [0.05, 0.1) is 17.5 Å². The number of hydrogen-bond acceptors (Lipinski definition) is 3. The van der Waals surface area contributed by atoms with Crippen molar-refractivity contribution >= 4 is 5.97 Å². The zero-order valence-corrected chi connectivity index (χ0v) is 11.4. The van der Waals surface area contributed by atoms with Crippen LogP contribution >= 0.6 is 0 Å². The van der Waals surface area contributed by atoms with Crippen LogP contribution in [0.15, 0.2) is 48.9 Å². The second-order valence-electron chi connectivity index (χ2n) is 4.72. The van der Waals surface area contributed by atoms with Gasteiger partial charge in [0.25, 0.3) is 0 Å². The van der Waals surface area contributed by atoms with Gasteiger partial charge in [0, 0.05) is 23.5 Å². The molecule has 0 radical (unpaired) electrons. The molecule has 0 amide bonds. The second kappa shape index (κ2) is 5.20. The van der Waals surface area contributed by atoms with Crippen molar-refractivity contribution in [1.82, 2.24) is 15.0 Å². The molecule has 2 heterocycles.